The highest BCUT2D eigenvalue weighted by atomic mass is 79.9. The van der Waals surface area contributed by atoms with Gasteiger partial charge < -0.3 is 14.6 Å². The molecule has 1 heterocycles. The Morgan fingerprint density at radius 2 is 1.90 bits per heavy atom. The number of para-hydroxylation sites is 1. The van der Waals surface area contributed by atoms with Gasteiger partial charge >= 0.3 is 0 Å². The van der Waals surface area contributed by atoms with Gasteiger partial charge in [0.2, 0.25) is 5.91 Å². The van der Waals surface area contributed by atoms with Crippen LogP contribution in [0.15, 0.2) is 52.1 Å². The number of carbonyl (C=O) groups is 1. The van der Waals surface area contributed by atoms with Crippen molar-refractivity contribution in [2.45, 2.75) is 39.1 Å². The minimum Gasteiger partial charge on any atom is -0.485 e. The maximum atomic E-state index is 12.3. The van der Waals surface area contributed by atoms with Crippen LogP contribution in [-0.4, -0.2) is 26.4 Å². The van der Waals surface area contributed by atoms with Crippen LogP contribution in [0.25, 0.3) is 0 Å². The minimum atomic E-state index is -0.0907. The van der Waals surface area contributed by atoms with Gasteiger partial charge in [-0.25, -0.2) is 0 Å². The number of amides is 1. The van der Waals surface area contributed by atoms with Crippen molar-refractivity contribution in [3.05, 3.63) is 63.9 Å². The second kappa shape index (κ2) is 9.93. The van der Waals surface area contributed by atoms with Crippen LogP contribution in [-0.2, 0) is 17.9 Å². The fourth-order valence-corrected chi connectivity index (χ4v) is 4.13. The molecule has 2 aromatic carbocycles. The van der Waals surface area contributed by atoms with Crippen LogP contribution < -0.4 is 10.1 Å². The summed E-state index contributed by atoms with van der Waals surface area (Å²) in [6, 6.07) is 13.6. The molecule has 1 amide bonds. The van der Waals surface area contributed by atoms with Crippen molar-refractivity contribution in [2.75, 3.05) is 11.1 Å². The number of benzene rings is 2. The molecule has 0 saturated heterocycles. The molecule has 6 nitrogen and oxygen atoms in total. The highest BCUT2D eigenvalue weighted by Gasteiger charge is 2.15. The molecule has 0 aliphatic rings. The highest BCUT2D eigenvalue weighted by Crippen LogP contribution is 2.24. The molecule has 0 atom stereocenters. The second-order valence-electron chi connectivity index (χ2n) is 6.50. The summed E-state index contributed by atoms with van der Waals surface area (Å²) in [5, 5.41) is 12.1. The molecule has 0 bridgehead atoms. The van der Waals surface area contributed by atoms with E-state index in [2.05, 4.69) is 31.4 Å². The Morgan fingerprint density at radius 1 is 1.17 bits per heavy atom. The van der Waals surface area contributed by atoms with E-state index in [1.54, 1.807) is 0 Å². The van der Waals surface area contributed by atoms with Gasteiger partial charge in [0, 0.05) is 16.7 Å². The van der Waals surface area contributed by atoms with Gasteiger partial charge in [0.1, 0.15) is 12.4 Å². The molecule has 0 fully saturated rings. The summed E-state index contributed by atoms with van der Waals surface area (Å²) in [7, 11) is 0. The van der Waals surface area contributed by atoms with Crippen LogP contribution in [0.4, 0.5) is 5.69 Å². The molecule has 0 aliphatic heterocycles. The summed E-state index contributed by atoms with van der Waals surface area (Å²) < 4.78 is 8.90. The Balaban J connectivity index is 1.61. The molecular formula is C21H23BrN4O2S. The summed E-state index contributed by atoms with van der Waals surface area (Å²) in [6.07, 6.45) is 0. The molecule has 3 aromatic rings. The second-order valence-corrected chi connectivity index (χ2v) is 8.36. The number of nitrogens with one attached hydrogen (secondary N) is 1. The summed E-state index contributed by atoms with van der Waals surface area (Å²) in [4.78, 5) is 12.3. The Morgan fingerprint density at radius 3 is 2.59 bits per heavy atom. The van der Waals surface area contributed by atoms with E-state index < -0.39 is 0 Å². The van der Waals surface area contributed by atoms with E-state index in [0.29, 0.717) is 18.3 Å². The van der Waals surface area contributed by atoms with E-state index in [1.807, 2.05) is 67.8 Å². The number of aromatic nitrogens is 3. The lowest BCUT2D eigenvalue weighted by atomic mass is 10.1. The van der Waals surface area contributed by atoms with Crippen LogP contribution in [0.5, 0.6) is 5.75 Å². The van der Waals surface area contributed by atoms with Gasteiger partial charge in [0.15, 0.2) is 11.0 Å². The first-order valence-electron chi connectivity index (χ1n) is 9.27. The minimum absolute atomic E-state index is 0.0907. The average Bonchev–Trinajstić information content (AvgIpc) is 3.08. The van der Waals surface area contributed by atoms with Gasteiger partial charge in [0.25, 0.3) is 0 Å². The van der Waals surface area contributed by atoms with E-state index >= 15 is 0 Å². The standard InChI is InChI=1S/C21H23BrN4O2S/c1-4-26-18(12-28-20-14(2)7-5-8-15(20)3)24-25-21(26)29-13-19(27)23-17-10-6-9-16(22)11-17/h5-11H,4,12-13H2,1-3H3,(H,23,27). The molecule has 3 rings (SSSR count). The highest BCUT2D eigenvalue weighted by molar-refractivity contribution is 9.10. The van der Waals surface area contributed by atoms with Crippen LogP contribution in [0.2, 0.25) is 0 Å². The summed E-state index contributed by atoms with van der Waals surface area (Å²) >= 11 is 4.76. The number of aryl methyl sites for hydroxylation is 2. The first-order chi connectivity index (χ1) is 14.0. The lowest BCUT2D eigenvalue weighted by Gasteiger charge is -2.12. The monoisotopic (exact) mass is 474 g/mol. The van der Waals surface area contributed by atoms with Crippen molar-refractivity contribution in [3.8, 4) is 5.75 Å². The van der Waals surface area contributed by atoms with Crippen molar-refractivity contribution in [2.24, 2.45) is 0 Å². The molecule has 0 saturated carbocycles. The number of rotatable bonds is 8. The fraction of sp³-hybridized carbons (Fsp3) is 0.286. The van der Waals surface area contributed by atoms with Crippen molar-refractivity contribution in [1.82, 2.24) is 14.8 Å². The third-order valence-electron chi connectivity index (χ3n) is 4.30. The fourth-order valence-electron chi connectivity index (χ4n) is 2.91. The van der Waals surface area contributed by atoms with Crippen LogP contribution in [0, 0.1) is 13.8 Å². The smallest absolute Gasteiger partial charge is 0.234 e. The van der Waals surface area contributed by atoms with E-state index in [1.165, 1.54) is 11.8 Å². The number of thioether (sulfide) groups is 1. The number of carbonyl (C=O) groups excluding carboxylic acids is 1. The number of hydrogen-bond acceptors (Lipinski definition) is 5. The number of hydrogen-bond donors (Lipinski definition) is 1. The number of anilines is 1. The van der Waals surface area contributed by atoms with Gasteiger partial charge in [0.05, 0.1) is 5.75 Å². The van der Waals surface area contributed by atoms with E-state index in [0.717, 1.165) is 32.9 Å². The molecule has 8 heteroatoms. The van der Waals surface area contributed by atoms with E-state index in [4.69, 9.17) is 4.74 Å². The maximum absolute atomic E-state index is 12.3. The molecular weight excluding hydrogens is 452 g/mol. The van der Waals surface area contributed by atoms with Crippen molar-refractivity contribution in [3.63, 3.8) is 0 Å². The quantitative estimate of drug-likeness (QED) is 0.465. The predicted molar refractivity (Wildman–Crippen MR) is 119 cm³/mol. The Kier molecular flexibility index (Phi) is 7.33. The maximum Gasteiger partial charge on any atom is 0.234 e. The zero-order valence-corrected chi connectivity index (χ0v) is 19.0. The first-order valence-corrected chi connectivity index (χ1v) is 11.0. The lowest BCUT2D eigenvalue weighted by molar-refractivity contribution is -0.113. The Hall–Kier alpha value is -2.32. The van der Waals surface area contributed by atoms with E-state index in [-0.39, 0.29) is 11.7 Å². The molecule has 0 aliphatic carbocycles. The lowest BCUT2D eigenvalue weighted by Crippen LogP contribution is -2.15. The molecule has 29 heavy (non-hydrogen) atoms. The Labute approximate surface area is 183 Å². The molecule has 0 spiro atoms. The average molecular weight is 475 g/mol. The molecule has 1 aromatic heterocycles. The summed E-state index contributed by atoms with van der Waals surface area (Å²) in [5.74, 6) is 1.78. The predicted octanol–water partition coefficient (Wildman–Crippen LogP) is 4.99. The zero-order valence-electron chi connectivity index (χ0n) is 16.6. The van der Waals surface area contributed by atoms with Crippen LogP contribution in [0.1, 0.15) is 23.9 Å². The van der Waals surface area contributed by atoms with Gasteiger partial charge in [-0.2, -0.15) is 0 Å². The molecule has 1 N–H and O–H groups in total. The normalized spacial score (nSPS) is 10.8. The zero-order chi connectivity index (χ0) is 20.8. The molecule has 152 valence electrons. The van der Waals surface area contributed by atoms with Crippen LogP contribution in [0.3, 0.4) is 0 Å². The molecule has 0 unspecified atom stereocenters. The topological polar surface area (TPSA) is 69.0 Å². The van der Waals surface area contributed by atoms with Crippen molar-refractivity contribution < 1.29 is 9.53 Å². The third kappa shape index (κ3) is 5.61. The van der Waals surface area contributed by atoms with E-state index in [9.17, 15) is 4.79 Å². The first kappa shape index (κ1) is 21.4. The summed E-state index contributed by atoms with van der Waals surface area (Å²) in [6.45, 7) is 7.11. The van der Waals surface area contributed by atoms with Gasteiger partial charge in [-0.1, -0.05) is 52.0 Å². The SMILES string of the molecule is CCn1c(COc2c(C)cccc2C)nnc1SCC(=O)Nc1cccc(Br)c1. The van der Waals surface area contributed by atoms with Gasteiger partial charge in [-0.05, 0) is 50.1 Å². The van der Waals surface area contributed by atoms with Crippen molar-refractivity contribution >= 4 is 39.3 Å². The largest absolute Gasteiger partial charge is 0.485 e. The Bertz CT molecular complexity index is 986. The summed E-state index contributed by atoms with van der Waals surface area (Å²) in [5.41, 5.74) is 2.93. The number of halogens is 1. The van der Waals surface area contributed by atoms with Crippen LogP contribution >= 0.6 is 27.7 Å². The number of nitrogens with zero attached hydrogens (tertiary/aromatic N) is 3. The van der Waals surface area contributed by atoms with Gasteiger partial charge in [-0.3, -0.25) is 4.79 Å². The van der Waals surface area contributed by atoms with Gasteiger partial charge in [-0.15, -0.1) is 10.2 Å². The number of ether oxygens (including phenoxy) is 1. The van der Waals surface area contributed by atoms with Crippen molar-refractivity contribution in [1.29, 1.82) is 0 Å². The third-order valence-corrected chi connectivity index (χ3v) is 5.76. The molecule has 0 radical (unpaired) electrons.